The van der Waals surface area contributed by atoms with Crippen LogP contribution in [0.25, 0.3) is 0 Å². The molecule has 0 amide bonds. The molecule has 148 valence electrons. The molecule has 0 aromatic heterocycles. The van der Waals surface area contributed by atoms with Crippen molar-refractivity contribution in [1.29, 1.82) is 0 Å². The Balaban J connectivity index is 1.65. The average molecular weight is 351 g/mol. The third-order valence-electron chi connectivity index (χ3n) is 5.49. The summed E-state index contributed by atoms with van der Waals surface area (Å²) >= 11 is 0. The SMILES string of the molecule is CC(C)CCCCCCCCCCCCCCCCCN1C=NCC1. The van der Waals surface area contributed by atoms with Gasteiger partial charge in [0.1, 0.15) is 0 Å². The van der Waals surface area contributed by atoms with Crippen molar-refractivity contribution in [2.24, 2.45) is 10.9 Å². The van der Waals surface area contributed by atoms with E-state index in [2.05, 4.69) is 23.7 Å². The molecule has 0 saturated carbocycles. The van der Waals surface area contributed by atoms with Crippen molar-refractivity contribution in [3.63, 3.8) is 0 Å². The fourth-order valence-corrected chi connectivity index (χ4v) is 3.75. The normalized spacial score (nSPS) is 14.1. The molecule has 0 unspecified atom stereocenters. The second-order valence-electron chi connectivity index (χ2n) is 8.54. The van der Waals surface area contributed by atoms with Crippen molar-refractivity contribution in [2.75, 3.05) is 19.6 Å². The number of hydrogen-bond donors (Lipinski definition) is 0. The van der Waals surface area contributed by atoms with E-state index in [1.54, 1.807) is 0 Å². The number of hydrogen-bond acceptors (Lipinski definition) is 2. The lowest BCUT2D eigenvalue weighted by Gasteiger charge is -2.12. The number of nitrogens with zero attached hydrogens (tertiary/aromatic N) is 2. The van der Waals surface area contributed by atoms with Crippen LogP contribution in [-0.4, -0.2) is 30.9 Å². The van der Waals surface area contributed by atoms with Crippen LogP contribution in [0.15, 0.2) is 4.99 Å². The van der Waals surface area contributed by atoms with Gasteiger partial charge in [-0.25, -0.2) is 0 Å². The molecule has 0 spiro atoms. The van der Waals surface area contributed by atoms with Crippen molar-refractivity contribution in [3.8, 4) is 0 Å². The summed E-state index contributed by atoms with van der Waals surface area (Å²) in [6, 6.07) is 0. The summed E-state index contributed by atoms with van der Waals surface area (Å²) in [6.07, 6.45) is 25.2. The van der Waals surface area contributed by atoms with Crippen LogP contribution in [0.2, 0.25) is 0 Å². The Hall–Kier alpha value is -0.530. The average Bonchev–Trinajstić information content (AvgIpc) is 3.11. The van der Waals surface area contributed by atoms with Crippen molar-refractivity contribution in [2.45, 2.75) is 117 Å². The standard InChI is InChI=1S/C23H46N2/c1-23(2)18-16-14-12-10-8-6-4-3-5-7-9-11-13-15-17-20-25-21-19-24-22-25/h22-23H,3-21H2,1-2H3. The zero-order valence-corrected chi connectivity index (χ0v) is 17.5. The lowest BCUT2D eigenvalue weighted by molar-refractivity contribution is 0.438. The molecule has 1 heterocycles. The second kappa shape index (κ2) is 16.9. The molecule has 0 saturated heterocycles. The molecule has 0 aliphatic carbocycles. The summed E-state index contributed by atoms with van der Waals surface area (Å²) in [7, 11) is 0. The molecule has 0 atom stereocenters. The number of unbranched alkanes of at least 4 members (excludes halogenated alkanes) is 14. The largest absolute Gasteiger partial charge is 0.361 e. The van der Waals surface area contributed by atoms with Crippen LogP contribution in [0.1, 0.15) is 117 Å². The molecule has 1 rings (SSSR count). The summed E-state index contributed by atoms with van der Waals surface area (Å²) in [5.74, 6) is 0.893. The molecule has 1 aliphatic heterocycles. The molecule has 2 nitrogen and oxygen atoms in total. The smallest absolute Gasteiger partial charge is 0.0851 e. The molecule has 0 fully saturated rings. The van der Waals surface area contributed by atoms with Gasteiger partial charge in [0.15, 0.2) is 0 Å². The monoisotopic (exact) mass is 350 g/mol. The second-order valence-corrected chi connectivity index (χ2v) is 8.54. The molecule has 1 aliphatic rings. The van der Waals surface area contributed by atoms with Gasteiger partial charge in [0, 0.05) is 13.1 Å². The van der Waals surface area contributed by atoms with E-state index in [1.165, 1.54) is 109 Å². The third kappa shape index (κ3) is 15.4. The van der Waals surface area contributed by atoms with E-state index in [4.69, 9.17) is 0 Å². The van der Waals surface area contributed by atoms with E-state index in [-0.39, 0.29) is 0 Å². The highest BCUT2D eigenvalue weighted by molar-refractivity contribution is 5.56. The molecule has 2 heteroatoms. The summed E-state index contributed by atoms with van der Waals surface area (Å²) in [6.45, 7) is 8.06. The van der Waals surface area contributed by atoms with Crippen molar-refractivity contribution in [1.82, 2.24) is 4.90 Å². The van der Waals surface area contributed by atoms with Crippen LogP contribution in [0.5, 0.6) is 0 Å². The van der Waals surface area contributed by atoms with E-state index in [1.807, 2.05) is 6.34 Å². The third-order valence-corrected chi connectivity index (χ3v) is 5.49. The Morgan fingerprint density at radius 3 is 1.52 bits per heavy atom. The highest BCUT2D eigenvalue weighted by Crippen LogP contribution is 2.14. The first-order valence-corrected chi connectivity index (χ1v) is 11.5. The molecule has 0 aromatic rings. The quantitative estimate of drug-likeness (QED) is 0.238. The van der Waals surface area contributed by atoms with Gasteiger partial charge < -0.3 is 4.90 Å². The van der Waals surface area contributed by atoms with Gasteiger partial charge in [-0.2, -0.15) is 0 Å². The van der Waals surface area contributed by atoms with Crippen molar-refractivity contribution in [3.05, 3.63) is 0 Å². The highest BCUT2D eigenvalue weighted by atomic mass is 15.2. The Kier molecular flexibility index (Phi) is 15.2. The van der Waals surface area contributed by atoms with Gasteiger partial charge in [-0.3, -0.25) is 4.99 Å². The molecule has 0 radical (unpaired) electrons. The first kappa shape index (κ1) is 22.5. The van der Waals surface area contributed by atoms with Crippen molar-refractivity contribution >= 4 is 6.34 Å². The Bertz CT molecular complexity index is 298. The molecule has 0 bridgehead atoms. The van der Waals surface area contributed by atoms with Gasteiger partial charge >= 0.3 is 0 Å². The number of rotatable bonds is 18. The van der Waals surface area contributed by atoms with Crippen LogP contribution in [0.4, 0.5) is 0 Å². The van der Waals surface area contributed by atoms with Crippen LogP contribution in [0.3, 0.4) is 0 Å². The van der Waals surface area contributed by atoms with Crippen LogP contribution >= 0.6 is 0 Å². The Morgan fingerprint density at radius 1 is 0.680 bits per heavy atom. The van der Waals surface area contributed by atoms with Gasteiger partial charge in [-0.1, -0.05) is 110 Å². The molecule has 0 N–H and O–H groups in total. The maximum Gasteiger partial charge on any atom is 0.0851 e. The molecular formula is C23H46N2. The minimum Gasteiger partial charge on any atom is -0.361 e. The van der Waals surface area contributed by atoms with E-state index in [0.717, 1.165) is 19.0 Å². The summed E-state index contributed by atoms with van der Waals surface area (Å²) < 4.78 is 0. The fourth-order valence-electron chi connectivity index (χ4n) is 3.75. The van der Waals surface area contributed by atoms with Crippen molar-refractivity contribution < 1.29 is 0 Å². The van der Waals surface area contributed by atoms with E-state index in [0.29, 0.717) is 0 Å². The fraction of sp³-hybridized carbons (Fsp3) is 0.957. The van der Waals surface area contributed by atoms with Crippen LogP contribution < -0.4 is 0 Å². The Morgan fingerprint density at radius 2 is 1.12 bits per heavy atom. The summed E-state index contributed by atoms with van der Waals surface area (Å²) in [5, 5.41) is 0. The molecule has 0 aromatic carbocycles. The van der Waals surface area contributed by atoms with Crippen LogP contribution in [0, 0.1) is 5.92 Å². The predicted molar refractivity (Wildman–Crippen MR) is 114 cm³/mol. The zero-order valence-electron chi connectivity index (χ0n) is 17.5. The minimum atomic E-state index is 0.893. The number of aliphatic imine (C=N–C) groups is 1. The highest BCUT2D eigenvalue weighted by Gasteiger charge is 2.03. The topological polar surface area (TPSA) is 15.6 Å². The van der Waals surface area contributed by atoms with E-state index < -0.39 is 0 Å². The zero-order chi connectivity index (χ0) is 18.0. The maximum atomic E-state index is 4.26. The summed E-state index contributed by atoms with van der Waals surface area (Å²) in [5.41, 5.74) is 0. The van der Waals surface area contributed by atoms with Crippen LogP contribution in [-0.2, 0) is 0 Å². The predicted octanol–water partition coefficient (Wildman–Crippen LogP) is 7.23. The first-order valence-electron chi connectivity index (χ1n) is 11.5. The molecular weight excluding hydrogens is 304 g/mol. The first-order chi connectivity index (χ1) is 12.3. The lowest BCUT2D eigenvalue weighted by atomic mass is 10.0. The Labute approximate surface area is 158 Å². The lowest BCUT2D eigenvalue weighted by Crippen LogP contribution is -2.20. The van der Waals surface area contributed by atoms with E-state index >= 15 is 0 Å². The van der Waals surface area contributed by atoms with Gasteiger partial charge in [0.2, 0.25) is 0 Å². The van der Waals surface area contributed by atoms with Gasteiger partial charge in [-0.15, -0.1) is 0 Å². The summed E-state index contributed by atoms with van der Waals surface area (Å²) in [4.78, 5) is 6.63. The maximum absolute atomic E-state index is 4.26. The molecule has 25 heavy (non-hydrogen) atoms. The van der Waals surface area contributed by atoms with E-state index in [9.17, 15) is 0 Å². The minimum absolute atomic E-state index is 0.893. The van der Waals surface area contributed by atoms with Gasteiger partial charge in [-0.05, 0) is 12.3 Å². The van der Waals surface area contributed by atoms with Gasteiger partial charge in [0.05, 0.1) is 12.9 Å². The van der Waals surface area contributed by atoms with Gasteiger partial charge in [0.25, 0.3) is 0 Å².